The van der Waals surface area contributed by atoms with Crippen LogP contribution >= 0.6 is 0 Å². The first-order valence-corrected chi connectivity index (χ1v) is 8.31. The van der Waals surface area contributed by atoms with Crippen LogP contribution in [0.4, 0.5) is 0 Å². The van der Waals surface area contributed by atoms with Gasteiger partial charge in [0, 0.05) is 24.8 Å². The van der Waals surface area contributed by atoms with Gasteiger partial charge in [-0.1, -0.05) is 48.5 Å². The molecule has 0 saturated carbocycles. The number of likely N-dealkylation sites (tertiary alicyclic amines) is 1. The highest BCUT2D eigenvalue weighted by Gasteiger charge is 2.37. The maximum absolute atomic E-state index is 12.6. The number of pyridine rings is 1. The van der Waals surface area contributed by atoms with Crippen molar-refractivity contribution in [3.8, 4) is 11.4 Å². The van der Waals surface area contributed by atoms with Gasteiger partial charge >= 0.3 is 0 Å². The molecule has 1 aromatic carbocycles. The zero-order valence-corrected chi connectivity index (χ0v) is 13.9. The zero-order chi connectivity index (χ0) is 17.2. The number of carbonyl (C=O) groups is 1. The minimum atomic E-state index is -0.0576. The molecule has 0 aliphatic carbocycles. The number of rotatable bonds is 3. The average molecular weight is 334 g/mol. The second kappa shape index (κ2) is 6.47. The Morgan fingerprint density at radius 3 is 2.68 bits per heavy atom. The summed E-state index contributed by atoms with van der Waals surface area (Å²) >= 11 is 0. The molecule has 0 unspecified atom stereocenters. The van der Waals surface area contributed by atoms with Gasteiger partial charge in [-0.3, -0.25) is 9.78 Å². The number of amides is 1. The van der Waals surface area contributed by atoms with Gasteiger partial charge < -0.3 is 9.42 Å². The molecule has 0 radical (unpaired) electrons. The smallest absolute Gasteiger partial charge is 0.272 e. The second-order valence-corrected chi connectivity index (χ2v) is 6.33. The lowest BCUT2D eigenvalue weighted by Gasteiger charge is -2.14. The maximum Gasteiger partial charge on any atom is 0.272 e. The Hall–Kier alpha value is -3.02. The fourth-order valence-corrected chi connectivity index (χ4v) is 3.20. The van der Waals surface area contributed by atoms with Crippen LogP contribution in [0.5, 0.6) is 0 Å². The molecule has 3 heterocycles. The number of benzene rings is 1. The highest BCUT2D eigenvalue weighted by Crippen LogP contribution is 2.33. The lowest BCUT2D eigenvalue weighted by molar-refractivity contribution is 0.0780. The Labute approximate surface area is 145 Å². The van der Waals surface area contributed by atoms with Crippen LogP contribution < -0.4 is 0 Å². The summed E-state index contributed by atoms with van der Waals surface area (Å²) in [5.41, 5.74) is 1.38. The van der Waals surface area contributed by atoms with Crippen LogP contribution in [0.1, 0.15) is 29.2 Å². The van der Waals surface area contributed by atoms with Crippen molar-refractivity contribution in [2.45, 2.75) is 12.8 Å². The molecule has 2 atom stereocenters. The minimum absolute atomic E-state index is 0.0395. The van der Waals surface area contributed by atoms with Crippen LogP contribution in [0.2, 0.25) is 0 Å². The number of carbonyl (C=O) groups excluding carboxylic acids is 1. The molecule has 1 saturated heterocycles. The van der Waals surface area contributed by atoms with Gasteiger partial charge in [0.15, 0.2) is 0 Å². The summed E-state index contributed by atoms with van der Waals surface area (Å²) < 4.78 is 5.49. The first-order valence-electron chi connectivity index (χ1n) is 8.31. The van der Waals surface area contributed by atoms with Crippen LogP contribution in [0.3, 0.4) is 0 Å². The van der Waals surface area contributed by atoms with Gasteiger partial charge in [0.05, 0.1) is 5.92 Å². The lowest BCUT2D eigenvalue weighted by Crippen LogP contribution is -2.29. The number of aromatic nitrogens is 3. The van der Waals surface area contributed by atoms with Gasteiger partial charge in [0.25, 0.3) is 5.91 Å². The molecular weight excluding hydrogens is 316 g/mol. The van der Waals surface area contributed by atoms with E-state index in [2.05, 4.69) is 22.0 Å². The first kappa shape index (κ1) is 15.5. The average Bonchev–Trinajstić information content (AvgIpc) is 3.29. The largest absolute Gasteiger partial charge is 0.339 e. The van der Waals surface area contributed by atoms with Gasteiger partial charge in [-0.05, 0) is 18.1 Å². The van der Waals surface area contributed by atoms with E-state index in [-0.39, 0.29) is 17.7 Å². The van der Waals surface area contributed by atoms with Crippen LogP contribution in [0.25, 0.3) is 11.4 Å². The predicted octanol–water partition coefficient (Wildman–Crippen LogP) is 3.01. The molecular formula is C19H18N4O2. The van der Waals surface area contributed by atoms with Crippen molar-refractivity contribution in [1.29, 1.82) is 0 Å². The summed E-state index contributed by atoms with van der Waals surface area (Å²) in [6, 6.07) is 15.1. The molecule has 1 fully saturated rings. The fourth-order valence-electron chi connectivity index (χ4n) is 3.20. The summed E-state index contributed by atoms with van der Waals surface area (Å²) in [6.45, 7) is 3.32. The predicted molar refractivity (Wildman–Crippen MR) is 91.8 cm³/mol. The quantitative estimate of drug-likeness (QED) is 0.736. The van der Waals surface area contributed by atoms with Crippen molar-refractivity contribution in [3.05, 3.63) is 66.3 Å². The highest BCUT2D eigenvalue weighted by molar-refractivity contribution is 5.92. The Morgan fingerprint density at radius 1 is 1.12 bits per heavy atom. The van der Waals surface area contributed by atoms with Crippen molar-refractivity contribution >= 4 is 5.91 Å². The van der Waals surface area contributed by atoms with Gasteiger partial charge in [0.2, 0.25) is 11.7 Å². The van der Waals surface area contributed by atoms with Gasteiger partial charge in [-0.2, -0.15) is 4.98 Å². The Morgan fingerprint density at radius 2 is 1.92 bits per heavy atom. The Kier molecular flexibility index (Phi) is 4.01. The van der Waals surface area contributed by atoms with Crippen molar-refractivity contribution in [1.82, 2.24) is 20.0 Å². The van der Waals surface area contributed by atoms with E-state index in [1.807, 2.05) is 41.3 Å². The molecule has 0 spiro atoms. The number of nitrogens with zero attached hydrogens (tertiary/aromatic N) is 4. The van der Waals surface area contributed by atoms with Gasteiger partial charge in [0.1, 0.15) is 5.69 Å². The summed E-state index contributed by atoms with van der Waals surface area (Å²) in [7, 11) is 0. The van der Waals surface area contributed by atoms with Crippen molar-refractivity contribution < 1.29 is 9.32 Å². The molecule has 3 aromatic rings. The molecule has 25 heavy (non-hydrogen) atoms. The normalized spacial score (nSPS) is 20.0. The maximum atomic E-state index is 12.6. The van der Waals surface area contributed by atoms with E-state index in [4.69, 9.17) is 4.52 Å². The van der Waals surface area contributed by atoms with E-state index in [0.29, 0.717) is 30.5 Å². The summed E-state index contributed by atoms with van der Waals surface area (Å²) in [6.07, 6.45) is 1.63. The molecule has 0 N–H and O–H groups in total. The Bertz CT molecular complexity index is 863. The molecule has 1 aliphatic heterocycles. The van der Waals surface area contributed by atoms with E-state index in [1.54, 1.807) is 18.3 Å². The van der Waals surface area contributed by atoms with Crippen LogP contribution in [0, 0.1) is 5.92 Å². The summed E-state index contributed by atoms with van der Waals surface area (Å²) in [4.78, 5) is 23.1. The van der Waals surface area contributed by atoms with E-state index in [9.17, 15) is 4.79 Å². The van der Waals surface area contributed by atoms with Crippen LogP contribution in [-0.4, -0.2) is 39.0 Å². The van der Waals surface area contributed by atoms with Crippen molar-refractivity contribution in [3.63, 3.8) is 0 Å². The molecule has 1 amide bonds. The fraction of sp³-hybridized carbons (Fsp3) is 0.263. The van der Waals surface area contributed by atoms with Gasteiger partial charge in [-0.25, -0.2) is 0 Å². The first-order chi connectivity index (χ1) is 12.2. The molecule has 0 bridgehead atoms. The van der Waals surface area contributed by atoms with Gasteiger partial charge in [-0.15, -0.1) is 0 Å². The number of hydrogen-bond acceptors (Lipinski definition) is 5. The zero-order valence-electron chi connectivity index (χ0n) is 13.9. The summed E-state index contributed by atoms with van der Waals surface area (Å²) in [5.74, 6) is 1.40. The third-order valence-corrected chi connectivity index (χ3v) is 4.57. The molecule has 4 rings (SSSR count). The molecule has 1 aliphatic rings. The lowest BCUT2D eigenvalue weighted by atomic mass is 9.98. The van der Waals surface area contributed by atoms with Crippen molar-refractivity contribution in [2.75, 3.05) is 13.1 Å². The van der Waals surface area contributed by atoms with E-state index in [0.717, 1.165) is 5.56 Å². The topological polar surface area (TPSA) is 72.1 Å². The number of hydrogen-bond donors (Lipinski definition) is 0. The minimum Gasteiger partial charge on any atom is -0.339 e. The Balaban J connectivity index is 1.52. The molecule has 126 valence electrons. The second-order valence-electron chi connectivity index (χ2n) is 6.33. The SMILES string of the molecule is C[C@@H]1CN(C(=O)c2ccccn2)C[C@H]1c1nc(-c2ccccc2)no1. The molecule has 6 nitrogen and oxygen atoms in total. The summed E-state index contributed by atoms with van der Waals surface area (Å²) in [5, 5.41) is 4.09. The monoisotopic (exact) mass is 334 g/mol. The molecule has 6 heteroatoms. The van der Waals surface area contributed by atoms with E-state index in [1.165, 1.54) is 0 Å². The van der Waals surface area contributed by atoms with Crippen LogP contribution in [-0.2, 0) is 0 Å². The van der Waals surface area contributed by atoms with Crippen LogP contribution in [0.15, 0.2) is 59.3 Å². The third kappa shape index (κ3) is 3.03. The molecule has 2 aromatic heterocycles. The standard InChI is InChI=1S/C19H18N4O2/c1-13-11-23(19(24)16-9-5-6-10-20-16)12-15(13)18-21-17(22-25-18)14-7-3-2-4-8-14/h2-10,13,15H,11-12H2,1H3/t13-,15-/m1/s1. The highest BCUT2D eigenvalue weighted by atomic mass is 16.5. The third-order valence-electron chi connectivity index (χ3n) is 4.57. The van der Waals surface area contributed by atoms with Crippen molar-refractivity contribution in [2.24, 2.45) is 5.92 Å². The van der Waals surface area contributed by atoms with E-state index >= 15 is 0 Å². The van der Waals surface area contributed by atoms with E-state index < -0.39 is 0 Å².